The van der Waals surface area contributed by atoms with E-state index in [4.69, 9.17) is 5.73 Å². The molecule has 0 bridgehead atoms. The van der Waals surface area contributed by atoms with Crippen molar-refractivity contribution in [3.8, 4) is 11.5 Å². The molecule has 5 nitrogen and oxygen atoms in total. The van der Waals surface area contributed by atoms with Crippen molar-refractivity contribution in [3.05, 3.63) is 15.5 Å². The lowest BCUT2D eigenvalue weighted by Gasteiger charge is -2.02. The van der Waals surface area contributed by atoms with Crippen LogP contribution in [0.25, 0.3) is 11.5 Å². The number of nitrogen functional groups attached to an aromatic ring is 1. The van der Waals surface area contributed by atoms with Crippen LogP contribution in [-0.2, 0) is 0 Å². The molecule has 2 aromatic rings. The minimum Gasteiger partial charge on any atom is -0.383 e. The Hall–Kier alpha value is -1.08. The highest BCUT2D eigenvalue weighted by Gasteiger charge is 2.09. The fourth-order valence-electron chi connectivity index (χ4n) is 0.958. The van der Waals surface area contributed by atoms with Gasteiger partial charge < -0.3 is 5.73 Å². The molecule has 2 rings (SSSR count). The summed E-state index contributed by atoms with van der Waals surface area (Å²) in [6.07, 6.45) is 0. The van der Waals surface area contributed by atoms with Crippen LogP contribution in [0.2, 0.25) is 0 Å². The normalized spacial score (nSPS) is 10.4. The molecule has 0 saturated carbocycles. The highest BCUT2D eigenvalue weighted by molar-refractivity contribution is 9.10. The molecule has 0 radical (unpaired) electrons. The molecule has 0 fully saturated rings. The van der Waals surface area contributed by atoms with Crippen LogP contribution in [0.15, 0.2) is 9.85 Å². The zero-order valence-corrected chi connectivity index (χ0v) is 9.63. The summed E-state index contributed by atoms with van der Waals surface area (Å²) in [6, 6.07) is 0. The maximum Gasteiger partial charge on any atom is 0.183 e. The van der Waals surface area contributed by atoms with Crippen molar-refractivity contribution in [1.29, 1.82) is 0 Å². The van der Waals surface area contributed by atoms with Crippen molar-refractivity contribution in [3.63, 3.8) is 0 Å². The van der Waals surface area contributed by atoms with Gasteiger partial charge in [-0.25, -0.2) is 9.97 Å². The van der Waals surface area contributed by atoms with Crippen LogP contribution < -0.4 is 5.73 Å². The second kappa shape index (κ2) is 3.58. The van der Waals surface area contributed by atoms with Gasteiger partial charge in [0, 0.05) is 5.38 Å². The zero-order chi connectivity index (χ0) is 10.1. The molecule has 0 atom stereocenters. The molecule has 0 aliphatic carbocycles. The van der Waals surface area contributed by atoms with Gasteiger partial charge in [0.15, 0.2) is 5.82 Å². The van der Waals surface area contributed by atoms with E-state index in [9.17, 15) is 0 Å². The number of anilines is 1. The van der Waals surface area contributed by atoms with Gasteiger partial charge in [0.1, 0.15) is 11.5 Å². The number of hydrogen-bond donors (Lipinski definition) is 1. The minimum atomic E-state index is 0.417. The van der Waals surface area contributed by atoms with E-state index in [1.165, 1.54) is 11.5 Å². The van der Waals surface area contributed by atoms with Crippen LogP contribution in [0.1, 0.15) is 5.69 Å². The molecule has 2 aromatic heterocycles. The first-order chi connectivity index (χ1) is 6.68. The van der Waals surface area contributed by atoms with Gasteiger partial charge in [-0.2, -0.15) is 0 Å². The van der Waals surface area contributed by atoms with E-state index >= 15 is 0 Å². The summed E-state index contributed by atoms with van der Waals surface area (Å²) < 4.78 is 4.47. The number of hydrogen-bond acceptors (Lipinski definition) is 6. The van der Waals surface area contributed by atoms with Crippen molar-refractivity contribution in [2.75, 3.05) is 5.73 Å². The molecule has 0 aliphatic heterocycles. The van der Waals surface area contributed by atoms with Crippen LogP contribution in [0, 0.1) is 6.92 Å². The molecule has 14 heavy (non-hydrogen) atoms. The molecule has 2 heterocycles. The first-order valence-corrected chi connectivity index (χ1v) is 5.38. The summed E-state index contributed by atoms with van der Waals surface area (Å²) in [5.74, 6) is 0.928. The van der Waals surface area contributed by atoms with Gasteiger partial charge in [-0.15, -0.1) is 5.10 Å². The molecular formula is C7H6BrN5S. The summed E-state index contributed by atoms with van der Waals surface area (Å²) in [7, 11) is 0. The van der Waals surface area contributed by atoms with Gasteiger partial charge in [-0.3, -0.25) is 0 Å². The molecule has 0 unspecified atom stereocenters. The SMILES string of the molecule is Cc1nc(-c2csnn2)nc(N)c1Br. The van der Waals surface area contributed by atoms with Gasteiger partial charge in [0.2, 0.25) is 0 Å². The van der Waals surface area contributed by atoms with Crippen molar-refractivity contribution in [2.24, 2.45) is 0 Å². The van der Waals surface area contributed by atoms with Crippen molar-refractivity contribution in [1.82, 2.24) is 19.6 Å². The fourth-order valence-corrected chi connectivity index (χ4v) is 1.57. The maximum absolute atomic E-state index is 5.68. The van der Waals surface area contributed by atoms with Crippen LogP contribution in [0.4, 0.5) is 5.82 Å². The van der Waals surface area contributed by atoms with Crippen molar-refractivity contribution < 1.29 is 0 Å². The molecule has 7 heteroatoms. The quantitative estimate of drug-likeness (QED) is 0.854. The summed E-state index contributed by atoms with van der Waals surface area (Å²) in [6.45, 7) is 1.85. The highest BCUT2D eigenvalue weighted by atomic mass is 79.9. The number of rotatable bonds is 1. The molecule has 0 amide bonds. The summed E-state index contributed by atoms with van der Waals surface area (Å²) in [5, 5.41) is 5.65. The Balaban J connectivity index is 2.57. The van der Waals surface area contributed by atoms with Gasteiger partial charge in [0.25, 0.3) is 0 Å². The Labute approximate surface area is 92.7 Å². The largest absolute Gasteiger partial charge is 0.383 e. The van der Waals surface area contributed by atoms with Crippen molar-refractivity contribution in [2.45, 2.75) is 6.92 Å². The molecule has 72 valence electrons. The predicted molar refractivity (Wildman–Crippen MR) is 57.8 cm³/mol. The van der Waals surface area contributed by atoms with Crippen LogP contribution >= 0.6 is 27.5 Å². The van der Waals surface area contributed by atoms with Gasteiger partial charge in [-0.05, 0) is 34.4 Å². The fraction of sp³-hybridized carbons (Fsp3) is 0.143. The zero-order valence-electron chi connectivity index (χ0n) is 7.23. The van der Waals surface area contributed by atoms with E-state index in [0.717, 1.165) is 10.2 Å². The Morgan fingerprint density at radius 1 is 1.43 bits per heavy atom. The van der Waals surface area contributed by atoms with Crippen LogP contribution in [0.3, 0.4) is 0 Å². The van der Waals surface area contributed by atoms with E-state index in [-0.39, 0.29) is 0 Å². The second-order valence-corrected chi connectivity index (χ2v) is 4.02. The monoisotopic (exact) mass is 271 g/mol. The lowest BCUT2D eigenvalue weighted by Crippen LogP contribution is -2.00. The number of aromatic nitrogens is 4. The number of nitrogens with zero attached hydrogens (tertiary/aromatic N) is 4. The van der Waals surface area contributed by atoms with E-state index in [1.54, 1.807) is 5.38 Å². The Kier molecular flexibility index (Phi) is 2.42. The Morgan fingerprint density at radius 2 is 2.21 bits per heavy atom. The van der Waals surface area contributed by atoms with Gasteiger partial charge in [-0.1, -0.05) is 4.49 Å². The van der Waals surface area contributed by atoms with Gasteiger partial charge in [0.05, 0.1) is 10.2 Å². The lowest BCUT2D eigenvalue weighted by molar-refractivity contribution is 1.06. The first kappa shape index (κ1) is 9.47. The van der Waals surface area contributed by atoms with Crippen LogP contribution in [-0.4, -0.2) is 19.6 Å². The predicted octanol–water partition coefficient (Wildman–Crippen LogP) is 1.65. The third kappa shape index (κ3) is 1.60. The third-order valence-corrected chi connectivity index (χ3v) is 3.12. The Bertz CT molecular complexity index is 432. The number of halogens is 1. The lowest BCUT2D eigenvalue weighted by atomic mass is 10.4. The summed E-state index contributed by atoms with van der Waals surface area (Å²) in [4.78, 5) is 8.34. The molecule has 0 aliphatic rings. The Morgan fingerprint density at radius 3 is 2.79 bits per heavy atom. The third-order valence-electron chi connectivity index (χ3n) is 1.63. The number of nitrogens with two attached hydrogens (primary N) is 1. The van der Waals surface area contributed by atoms with Crippen LogP contribution in [0.5, 0.6) is 0 Å². The van der Waals surface area contributed by atoms with Crippen molar-refractivity contribution >= 4 is 33.3 Å². The molecule has 2 N–H and O–H groups in total. The standard InChI is InChI=1S/C7H6BrN5S/c1-3-5(8)6(9)11-7(10-3)4-2-14-13-12-4/h2H,1H3,(H2,9,10,11). The summed E-state index contributed by atoms with van der Waals surface area (Å²) >= 11 is 4.55. The molecule has 0 spiro atoms. The average Bonchev–Trinajstić information content (AvgIpc) is 2.66. The summed E-state index contributed by atoms with van der Waals surface area (Å²) in [5.41, 5.74) is 7.13. The topological polar surface area (TPSA) is 77.6 Å². The molecule has 0 saturated heterocycles. The van der Waals surface area contributed by atoms with E-state index < -0.39 is 0 Å². The minimum absolute atomic E-state index is 0.417. The first-order valence-electron chi connectivity index (χ1n) is 3.75. The van der Waals surface area contributed by atoms with E-state index in [2.05, 4.69) is 35.5 Å². The van der Waals surface area contributed by atoms with Gasteiger partial charge >= 0.3 is 0 Å². The maximum atomic E-state index is 5.68. The average molecular weight is 272 g/mol. The molecule has 0 aromatic carbocycles. The van der Waals surface area contributed by atoms with E-state index in [1.807, 2.05) is 6.92 Å². The molecular weight excluding hydrogens is 266 g/mol. The highest BCUT2D eigenvalue weighted by Crippen LogP contribution is 2.23. The van der Waals surface area contributed by atoms with E-state index in [0.29, 0.717) is 17.3 Å². The smallest absolute Gasteiger partial charge is 0.183 e. The number of aryl methyl sites for hydroxylation is 1. The second-order valence-electron chi connectivity index (χ2n) is 2.62.